The predicted molar refractivity (Wildman–Crippen MR) is 109 cm³/mol. The van der Waals surface area contributed by atoms with Crippen LogP contribution in [0.4, 0.5) is 10.5 Å². The molecule has 2 aromatic rings. The fraction of sp³-hybridized carbons (Fsp3) is 0.500. The van der Waals surface area contributed by atoms with Crippen LogP contribution in [0.15, 0.2) is 21.5 Å². The number of aryl methyl sites for hydroxylation is 3. The van der Waals surface area contributed by atoms with Gasteiger partial charge in [-0.05, 0) is 67.7 Å². The number of nitrogens with one attached hydrogen (secondary N) is 1. The highest BCUT2D eigenvalue weighted by molar-refractivity contribution is 7.91. The van der Waals surface area contributed by atoms with E-state index < -0.39 is 15.9 Å². The van der Waals surface area contributed by atoms with Gasteiger partial charge in [0.05, 0.1) is 12.3 Å². The number of hydrogen-bond acceptors (Lipinski definition) is 4. The van der Waals surface area contributed by atoms with Crippen LogP contribution in [0.25, 0.3) is 0 Å². The summed E-state index contributed by atoms with van der Waals surface area (Å²) in [4.78, 5) is 12.9. The third kappa shape index (κ3) is 3.22. The molecule has 0 bridgehead atoms. The summed E-state index contributed by atoms with van der Waals surface area (Å²) >= 11 is 0. The quantitative estimate of drug-likeness (QED) is 0.785. The van der Waals surface area contributed by atoms with E-state index in [1.54, 1.807) is 4.68 Å². The fourth-order valence-electron chi connectivity index (χ4n) is 4.66. The van der Waals surface area contributed by atoms with E-state index in [1.165, 1.54) is 28.5 Å². The van der Waals surface area contributed by atoms with Crippen molar-refractivity contribution in [1.29, 1.82) is 0 Å². The third-order valence-corrected chi connectivity index (χ3v) is 7.41. The van der Waals surface area contributed by atoms with E-state index in [2.05, 4.69) is 20.8 Å². The molecular formula is C20H25N5O3S. The van der Waals surface area contributed by atoms with Gasteiger partial charge < -0.3 is 10.1 Å². The van der Waals surface area contributed by atoms with Crippen LogP contribution in [0.2, 0.25) is 0 Å². The highest BCUT2D eigenvalue weighted by Gasteiger charge is 2.28. The van der Waals surface area contributed by atoms with Gasteiger partial charge in [-0.2, -0.15) is 5.10 Å². The second-order valence-electron chi connectivity index (χ2n) is 8.08. The molecule has 1 unspecified atom stereocenters. The van der Waals surface area contributed by atoms with Crippen molar-refractivity contribution in [2.24, 2.45) is 9.50 Å². The van der Waals surface area contributed by atoms with Gasteiger partial charge in [0.1, 0.15) is 4.90 Å². The maximum Gasteiger partial charge on any atom is 0.354 e. The van der Waals surface area contributed by atoms with Crippen molar-refractivity contribution in [2.45, 2.75) is 69.4 Å². The predicted octanol–water partition coefficient (Wildman–Crippen LogP) is 2.96. The summed E-state index contributed by atoms with van der Waals surface area (Å²) in [5, 5.41) is 13.1. The molecule has 0 saturated carbocycles. The zero-order valence-electron chi connectivity index (χ0n) is 16.4. The second-order valence-corrected chi connectivity index (χ2v) is 9.84. The zero-order chi connectivity index (χ0) is 20.2. The summed E-state index contributed by atoms with van der Waals surface area (Å²) in [5.41, 5.74) is 5.86. The molecule has 154 valence electrons. The molecule has 0 fully saturated rings. The van der Waals surface area contributed by atoms with Crippen molar-refractivity contribution in [3.05, 3.63) is 34.5 Å². The van der Waals surface area contributed by atoms with Crippen LogP contribution >= 0.6 is 0 Å². The van der Waals surface area contributed by atoms with Crippen LogP contribution in [0, 0.1) is 0 Å². The SMILES string of the molecule is C[C@H]1CCn2ncc(S(N)(=O)=NC(=O)Nc3c4c(cc5c3CCC5)CCC4)c2O1. The smallest absolute Gasteiger partial charge is 0.354 e. The first-order chi connectivity index (χ1) is 13.9. The highest BCUT2D eigenvalue weighted by Crippen LogP contribution is 2.38. The molecule has 1 aromatic carbocycles. The Bertz CT molecular complexity index is 1100. The molecule has 2 heterocycles. The number of ether oxygens (including phenoxy) is 1. The zero-order valence-corrected chi connectivity index (χ0v) is 17.3. The van der Waals surface area contributed by atoms with Crippen LogP contribution < -0.4 is 15.2 Å². The lowest BCUT2D eigenvalue weighted by molar-refractivity contribution is 0.144. The molecule has 2 amide bonds. The van der Waals surface area contributed by atoms with Gasteiger partial charge in [-0.3, -0.25) is 0 Å². The molecule has 8 nitrogen and oxygen atoms in total. The minimum Gasteiger partial charge on any atom is -0.474 e. The van der Waals surface area contributed by atoms with Gasteiger partial charge in [-0.15, -0.1) is 4.36 Å². The Morgan fingerprint density at radius 3 is 2.66 bits per heavy atom. The molecule has 29 heavy (non-hydrogen) atoms. The minimum atomic E-state index is -3.47. The molecule has 2 atom stereocenters. The standard InChI is InChI=1S/C20H25N5O3S/c1-12-8-9-25-19(28-12)17(11-22-25)29(21,27)24-20(26)23-18-15-6-2-4-13(15)10-14-5-3-7-16(14)18/h10-12H,2-9H2,1H3,(H3,21,23,24,26,27)/t12-,29?/m0/s1. The van der Waals surface area contributed by atoms with Gasteiger partial charge in [0.2, 0.25) is 5.88 Å². The Morgan fingerprint density at radius 2 is 1.97 bits per heavy atom. The molecule has 5 rings (SSSR count). The van der Waals surface area contributed by atoms with Gasteiger partial charge in [0, 0.05) is 18.7 Å². The first-order valence-electron chi connectivity index (χ1n) is 10.2. The summed E-state index contributed by atoms with van der Waals surface area (Å²) in [7, 11) is -3.47. The second kappa shape index (κ2) is 6.84. The Kier molecular flexibility index (Phi) is 4.40. The summed E-state index contributed by atoms with van der Waals surface area (Å²) < 4.78 is 24.3. The topological polar surface area (TPSA) is 112 Å². The molecule has 2 aliphatic carbocycles. The van der Waals surface area contributed by atoms with Crippen LogP contribution in [0.3, 0.4) is 0 Å². The maximum atomic E-state index is 13.1. The monoisotopic (exact) mass is 415 g/mol. The first-order valence-corrected chi connectivity index (χ1v) is 11.7. The number of nitrogens with zero attached hydrogens (tertiary/aromatic N) is 3. The first kappa shape index (κ1) is 18.6. The van der Waals surface area contributed by atoms with Gasteiger partial charge in [-0.25, -0.2) is 18.8 Å². The molecule has 3 aliphatic rings. The Morgan fingerprint density at radius 1 is 1.28 bits per heavy atom. The molecule has 3 N–H and O–H groups in total. The van der Waals surface area contributed by atoms with Crippen molar-refractivity contribution < 1.29 is 13.7 Å². The number of urea groups is 1. The number of anilines is 1. The van der Waals surface area contributed by atoms with E-state index in [9.17, 15) is 9.00 Å². The molecule has 1 aliphatic heterocycles. The lowest BCUT2D eigenvalue weighted by atomic mass is 9.99. The molecule has 0 radical (unpaired) electrons. The van der Waals surface area contributed by atoms with Gasteiger partial charge in [0.25, 0.3) is 0 Å². The van der Waals surface area contributed by atoms with Crippen molar-refractivity contribution in [3.63, 3.8) is 0 Å². The summed E-state index contributed by atoms with van der Waals surface area (Å²) in [6.07, 6.45) is 8.30. The van der Waals surface area contributed by atoms with Crippen molar-refractivity contribution >= 4 is 21.6 Å². The number of fused-ring (bicyclic) bond motifs is 3. The number of amides is 2. The Balaban J connectivity index is 1.48. The van der Waals surface area contributed by atoms with E-state index >= 15 is 0 Å². The number of hydrogen-bond donors (Lipinski definition) is 2. The van der Waals surface area contributed by atoms with Crippen LogP contribution in [-0.4, -0.2) is 26.1 Å². The largest absolute Gasteiger partial charge is 0.474 e. The highest BCUT2D eigenvalue weighted by atomic mass is 32.2. The molecular weight excluding hydrogens is 390 g/mol. The normalized spacial score (nSPS) is 21.5. The minimum absolute atomic E-state index is 0.0310. The number of aromatic nitrogens is 2. The molecule has 0 saturated heterocycles. The van der Waals surface area contributed by atoms with Crippen molar-refractivity contribution in [2.75, 3.05) is 5.32 Å². The summed E-state index contributed by atoms with van der Waals surface area (Å²) in [5.74, 6) is 0.342. The number of nitrogens with two attached hydrogens (primary N) is 1. The summed E-state index contributed by atoms with van der Waals surface area (Å²) in [6.45, 7) is 2.58. The Hall–Kier alpha value is -2.39. The van der Waals surface area contributed by atoms with E-state index in [0.29, 0.717) is 12.4 Å². The van der Waals surface area contributed by atoms with E-state index in [-0.39, 0.29) is 11.0 Å². The maximum absolute atomic E-state index is 13.1. The van der Waals surface area contributed by atoms with Crippen molar-refractivity contribution in [3.8, 4) is 5.88 Å². The van der Waals surface area contributed by atoms with Crippen molar-refractivity contribution in [1.82, 2.24) is 9.78 Å². The van der Waals surface area contributed by atoms with E-state index in [0.717, 1.165) is 50.6 Å². The van der Waals surface area contributed by atoms with E-state index in [4.69, 9.17) is 9.88 Å². The molecule has 0 spiro atoms. The summed E-state index contributed by atoms with van der Waals surface area (Å²) in [6, 6.07) is 1.61. The average Bonchev–Trinajstić information content (AvgIpc) is 3.39. The fourth-order valence-corrected chi connectivity index (χ4v) is 5.65. The Labute approximate surface area is 170 Å². The van der Waals surface area contributed by atoms with Crippen LogP contribution in [0.1, 0.15) is 48.4 Å². The van der Waals surface area contributed by atoms with E-state index in [1.807, 2.05) is 6.92 Å². The molecule has 9 heteroatoms. The average molecular weight is 416 g/mol. The number of carbonyl (C=O) groups excluding carboxylic acids is 1. The number of rotatable bonds is 2. The van der Waals surface area contributed by atoms with Gasteiger partial charge in [0.15, 0.2) is 9.92 Å². The number of carbonyl (C=O) groups is 1. The van der Waals surface area contributed by atoms with Gasteiger partial charge >= 0.3 is 6.03 Å². The van der Waals surface area contributed by atoms with Crippen LogP contribution in [-0.2, 0) is 42.1 Å². The number of benzene rings is 1. The third-order valence-electron chi connectivity index (χ3n) is 6.06. The lowest BCUT2D eigenvalue weighted by Gasteiger charge is -2.22. The molecule has 1 aromatic heterocycles. The lowest BCUT2D eigenvalue weighted by Crippen LogP contribution is -2.25. The van der Waals surface area contributed by atoms with Crippen LogP contribution in [0.5, 0.6) is 5.88 Å². The van der Waals surface area contributed by atoms with Gasteiger partial charge in [-0.1, -0.05) is 6.07 Å².